The zero-order chi connectivity index (χ0) is 8.39. The largest absolute Gasteiger partial charge is 0.342 e. The third-order valence-corrected chi connectivity index (χ3v) is 2.10. The molecule has 0 saturated heterocycles. The van der Waals surface area contributed by atoms with E-state index in [1.165, 1.54) is 6.42 Å². The summed E-state index contributed by atoms with van der Waals surface area (Å²) >= 11 is 0. The summed E-state index contributed by atoms with van der Waals surface area (Å²) in [7, 11) is 0. The van der Waals surface area contributed by atoms with Gasteiger partial charge in [0.25, 0.3) is 0 Å². The molecule has 1 unspecified atom stereocenters. The Bertz CT molecular complexity index is 292. The lowest BCUT2D eigenvalue weighted by molar-refractivity contribution is 0.373. The number of aliphatic imine (C=N–C) groups is 1. The van der Waals surface area contributed by atoms with E-state index >= 15 is 0 Å². The molecule has 4 heteroatoms. The van der Waals surface area contributed by atoms with Crippen LogP contribution in [-0.4, -0.2) is 16.6 Å². The fraction of sp³-hybridized carbons (Fsp3) is 0.625. The molecule has 1 atom stereocenters. The molecule has 0 fully saturated rings. The fourth-order valence-corrected chi connectivity index (χ4v) is 1.43. The highest BCUT2D eigenvalue weighted by molar-refractivity contribution is 5.58. The Balaban J connectivity index is 2.24. The monoisotopic (exact) mass is 165 g/mol. The van der Waals surface area contributed by atoms with Gasteiger partial charge < -0.3 is 4.52 Å². The molecule has 1 aliphatic heterocycles. The molecule has 1 aromatic heterocycles. The first-order valence-electron chi connectivity index (χ1n) is 4.18. The fourth-order valence-electron chi connectivity index (χ4n) is 1.43. The summed E-state index contributed by atoms with van der Waals surface area (Å²) in [6.45, 7) is 1.87. The Morgan fingerprint density at radius 2 is 2.50 bits per heavy atom. The average molecular weight is 165 g/mol. The smallest absolute Gasteiger partial charge is 0.159 e. The van der Waals surface area contributed by atoms with Crippen molar-refractivity contribution in [3.8, 4) is 0 Å². The number of hydrogen-bond acceptors (Lipinski definition) is 4. The van der Waals surface area contributed by atoms with Gasteiger partial charge in [-0.15, -0.1) is 5.10 Å². The second-order valence-corrected chi connectivity index (χ2v) is 2.99. The lowest BCUT2D eigenvalue weighted by atomic mass is 10.0. The molecule has 2 rings (SSSR count). The van der Waals surface area contributed by atoms with E-state index in [0.29, 0.717) is 0 Å². The predicted octanol–water partition coefficient (Wildman–Crippen LogP) is 1.67. The summed E-state index contributed by atoms with van der Waals surface area (Å²) in [5.41, 5.74) is 0.894. The van der Waals surface area contributed by atoms with Crippen LogP contribution in [0.25, 0.3) is 0 Å². The third kappa shape index (κ3) is 1.24. The van der Waals surface area contributed by atoms with Crippen molar-refractivity contribution in [1.82, 2.24) is 10.4 Å². The van der Waals surface area contributed by atoms with Gasteiger partial charge in [0, 0.05) is 5.27 Å². The molecule has 64 valence electrons. The Morgan fingerprint density at radius 1 is 1.58 bits per heavy atom. The van der Waals surface area contributed by atoms with Gasteiger partial charge in [-0.25, -0.2) is 0 Å². The first kappa shape index (κ1) is 7.46. The van der Waals surface area contributed by atoms with E-state index in [2.05, 4.69) is 15.4 Å². The maximum atomic E-state index is 4.88. The van der Waals surface area contributed by atoms with E-state index in [4.69, 9.17) is 4.52 Å². The number of hydrogen-bond donors (Lipinski definition) is 0. The first-order valence-corrected chi connectivity index (χ1v) is 4.18. The molecular weight excluding hydrogens is 154 g/mol. The van der Waals surface area contributed by atoms with Crippen molar-refractivity contribution in [2.24, 2.45) is 4.99 Å². The third-order valence-electron chi connectivity index (χ3n) is 2.10. The van der Waals surface area contributed by atoms with Gasteiger partial charge in [0.2, 0.25) is 0 Å². The van der Waals surface area contributed by atoms with E-state index in [1.807, 2.05) is 13.1 Å². The van der Waals surface area contributed by atoms with Crippen molar-refractivity contribution in [1.29, 1.82) is 0 Å². The highest BCUT2D eigenvalue weighted by Crippen LogP contribution is 2.26. The zero-order valence-corrected chi connectivity index (χ0v) is 7.03. The Morgan fingerprint density at radius 3 is 3.08 bits per heavy atom. The van der Waals surface area contributed by atoms with Crippen LogP contribution in [0.3, 0.4) is 0 Å². The zero-order valence-electron chi connectivity index (χ0n) is 7.03. The minimum atomic E-state index is 0.185. The second-order valence-electron chi connectivity index (χ2n) is 2.99. The second kappa shape index (κ2) is 3.05. The normalized spacial score (nSPS) is 22.9. The molecule has 2 heterocycles. The molecule has 1 aromatic rings. The molecule has 0 saturated carbocycles. The highest BCUT2D eigenvalue weighted by atomic mass is 16.5. The molecule has 0 aromatic carbocycles. The van der Waals surface area contributed by atoms with Crippen LogP contribution in [0.1, 0.15) is 36.8 Å². The molecule has 4 nitrogen and oxygen atoms in total. The summed E-state index contributed by atoms with van der Waals surface area (Å²) in [4.78, 5) is 4.35. The van der Waals surface area contributed by atoms with Gasteiger partial charge in [-0.1, -0.05) is 0 Å². The molecule has 0 aliphatic carbocycles. The van der Waals surface area contributed by atoms with Crippen LogP contribution in [0.15, 0.2) is 9.52 Å². The van der Waals surface area contributed by atoms with E-state index < -0.39 is 0 Å². The minimum absolute atomic E-state index is 0.185. The van der Waals surface area contributed by atoms with Crippen molar-refractivity contribution >= 4 is 6.21 Å². The molecule has 0 amide bonds. The van der Waals surface area contributed by atoms with Gasteiger partial charge in [-0.2, -0.15) is 0 Å². The number of aryl methyl sites for hydroxylation is 1. The molecule has 12 heavy (non-hydrogen) atoms. The number of aromatic nitrogens is 2. The van der Waals surface area contributed by atoms with Gasteiger partial charge in [-0.05, 0) is 32.4 Å². The van der Waals surface area contributed by atoms with Gasteiger partial charge >= 0.3 is 0 Å². The van der Waals surface area contributed by atoms with Gasteiger partial charge in [0.1, 0.15) is 5.69 Å². The molecule has 0 spiro atoms. The van der Waals surface area contributed by atoms with Crippen LogP contribution < -0.4 is 0 Å². The molecule has 0 N–H and O–H groups in total. The quantitative estimate of drug-likeness (QED) is 0.636. The van der Waals surface area contributed by atoms with Crippen molar-refractivity contribution in [2.75, 3.05) is 0 Å². The molecule has 0 bridgehead atoms. The topological polar surface area (TPSA) is 51.3 Å². The van der Waals surface area contributed by atoms with Crippen LogP contribution in [-0.2, 0) is 0 Å². The Labute approximate surface area is 70.7 Å². The van der Waals surface area contributed by atoms with E-state index in [1.54, 1.807) is 0 Å². The summed E-state index contributed by atoms with van der Waals surface area (Å²) in [5.74, 6) is 0.791. The van der Waals surface area contributed by atoms with Crippen molar-refractivity contribution in [3.05, 3.63) is 11.5 Å². The molecule has 1 aliphatic rings. The number of nitrogens with zero attached hydrogens (tertiary/aromatic N) is 3. The standard InChI is InChI=1S/C8H11N3O/c1-6-8(10-11-12-6)7-4-2-3-5-9-7/h5,7H,2-4H2,1H3. The summed E-state index contributed by atoms with van der Waals surface area (Å²) in [5, 5.41) is 7.41. The van der Waals surface area contributed by atoms with Gasteiger partial charge in [-0.3, -0.25) is 4.99 Å². The summed E-state index contributed by atoms with van der Waals surface area (Å²) in [6.07, 6.45) is 5.29. The lowest BCUT2D eigenvalue weighted by Crippen LogP contribution is -2.03. The maximum absolute atomic E-state index is 4.88. The number of rotatable bonds is 1. The Kier molecular flexibility index (Phi) is 1.89. The van der Waals surface area contributed by atoms with Crippen molar-refractivity contribution in [2.45, 2.75) is 32.2 Å². The van der Waals surface area contributed by atoms with E-state index in [-0.39, 0.29) is 6.04 Å². The highest BCUT2D eigenvalue weighted by Gasteiger charge is 2.18. The molecule has 0 radical (unpaired) electrons. The van der Waals surface area contributed by atoms with Gasteiger partial charge in [0.05, 0.1) is 6.04 Å². The van der Waals surface area contributed by atoms with E-state index in [9.17, 15) is 0 Å². The van der Waals surface area contributed by atoms with Crippen LogP contribution >= 0.6 is 0 Å². The van der Waals surface area contributed by atoms with Gasteiger partial charge in [0.15, 0.2) is 5.76 Å². The first-order chi connectivity index (χ1) is 5.88. The van der Waals surface area contributed by atoms with Crippen LogP contribution in [0.2, 0.25) is 0 Å². The predicted molar refractivity (Wildman–Crippen MR) is 44.1 cm³/mol. The Hall–Kier alpha value is -1.19. The average Bonchev–Trinajstić information content (AvgIpc) is 2.53. The van der Waals surface area contributed by atoms with Crippen molar-refractivity contribution < 1.29 is 4.52 Å². The lowest BCUT2D eigenvalue weighted by Gasteiger charge is -2.12. The van der Waals surface area contributed by atoms with Crippen LogP contribution in [0, 0.1) is 6.92 Å². The summed E-state index contributed by atoms with van der Waals surface area (Å²) in [6, 6.07) is 0.185. The molecular formula is C8H11N3O. The maximum Gasteiger partial charge on any atom is 0.159 e. The SMILES string of the molecule is Cc1onnc1C1CCCC=N1. The summed E-state index contributed by atoms with van der Waals surface area (Å²) < 4.78 is 4.88. The van der Waals surface area contributed by atoms with E-state index in [0.717, 1.165) is 24.3 Å². The van der Waals surface area contributed by atoms with Crippen LogP contribution in [0.4, 0.5) is 0 Å². The van der Waals surface area contributed by atoms with Crippen LogP contribution in [0.5, 0.6) is 0 Å². The minimum Gasteiger partial charge on any atom is -0.342 e. The van der Waals surface area contributed by atoms with Crippen molar-refractivity contribution in [3.63, 3.8) is 0 Å².